The average Bonchev–Trinajstić information content (AvgIpc) is 2.38. The van der Waals surface area contributed by atoms with Gasteiger partial charge in [0, 0.05) is 24.5 Å². The summed E-state index contributed by atoms with van der Waals surface area (Å²) < 4.78 is 0. The number of hydrogen-bond donors (Lipinski definition) is 2. The van der Waals surface area contributed by atoms with Gasteiger partial charge in [0.25, 0.3) is 0 Å². The predicted molar refractivity (Wildman–Crippen MR) is 70.6 cm³/mol. The Morgan fingerprint density at radius 2 is 2.00 bits per heavy atom. The zero-order valence-corrected chi connectivity index (χ0v) is 10.6. The van der Waals surface area contributed by atoms with Crippen LogP contribution in [0, 0.1) is 0 Å². The standard InChI is InChI=1S/C14H17N3O/c1-14(2,18)12-6-5-11(9-17-12)13-10(8-15)4-3-7-16-13/h3-7,9,18H,8,15H2,1-2H3. The molecule has 0 aromatic carbocycles. The lowest BCUT2D eigenvalue weighted by Gasteiger charge is -2.16. The van der Waals surface area contributed by atoms with Gasteiger partial charge in [-0.15, -0.1) is 0 Å². The van der Waals surface area contributed by atoms with E-state index in [0.29, 0.717) is 12.2 Å². The summed E-state index contributed by atoms with van der Waals surface area (Å²) in [5.41, 5.74) is 8.12. The maximum atomic E-state index is 9.85. The highest BCUT2D eigenvalue weighted by molar-refractivity contribution is 5.62. The molecule has 0 fully saturated rings. The van der Waals surface area contributed by atoms with Crippen molar-refractivity contribution in [3.63, 3.8) is 0 Å². The van der Waals surface area contributed by atoms with E-state index < -0.39 is 5.60 Å². The Morgan fingerprint density at radius 3 is 2.56 bits per heavy atom. The average molecular weight is 243 g/mol. The molecule has 2 heterocycles. The minimum atomic E-state index is -0.931. The molecule has 4 heteroatoms. The molecule has 0 atom stereocenters. The molecule has 0 spiro atoms. The summed E-state index contributed by atoms with van der Waals surface area (Å²) in [7, 11) is 0. The van der Waals surface area contributed by atoms with Gasteiger partial charge in [-0.2, -0.15) is 0 Å². The molecule has 2 rings (SSSR count). The number of aliphatic hydroxyl groups is 1. The van der Waals surface area contributed by atoms with Gasteiger partial charge < -0.3 is 10.8 Å². The molecule has 0 saturated heterocycles. The van der Waals surface area contributed by atoms with Gasteiger partial charge in [-0.25, -0.2) is 0 Å². The minimum absolute atomic E-state index is 0.441. The van der Waals surface area contributed by atoms with Crippen LogP contribution in [0.2, 0.25) is 0 Å². The van der Waals surface area contributed by atoms with Crippen molar-refractivity contribution in [3.8, 4) is 11.3 Å². The SMILES string of the molecule is CC(C)(O)c1ccc(-c2ncccc2CN)cn1. The summed E-state index contributed by atoms with van der Waals surface area (Å²) >= 11 is 0. The normalized spacial score (nSPS) is 11.6. The fourth-order valence-electron chi connectivity index (χ4n) is 1.76. The second-order valence-electron chi connectivity index (χ2n) is 4.71. The summed E-state index contributed by atoms with van der Waals surface area (Å²) in [5, 5.41) is 9.85. The zero-order valence-electron chi connectivity index (χ0n) is 10.6. The first-order chi connectivity index (χ1) is 8.52. The summed E-state index contributed by atoms with van der Waals surface area (Å²) in [5.74, 6) is 0. The first kappa shape index (κ1) is 12.7. The molecule has 0 bridgehead atoms. The topological polar surface area (TPSA) is 72.0 Å². The highest BCUT2D eigenvalue weighted by Crippen LogP contribution is 2.23. The number of rotatable bonds is 3. The Balaban J connectivity index is 2.41. The third kappa shape index (κ3) is 2.55. The molecule has 0 aliphatic carbocycles. The molecular weight excluding hydrogens is 226 g/mol. The Bertz CT molecular complexity index is 529. The van der Waals surface area contributed by atoms with Gasteiger partial charge in [-0.3, -0.25) is 9.97 Å². The van der Waals surface area contributed by atoms with Crippen molar-refractivity contribution in [2.75, 3.05) is 0 Å². The first-order valence-corrected chi connectivity index (χ1v) is 5.85. The van der Waals surface area contributed by atoms with Crippen molar-refractivity contribution >= 4 is 0 Å². The Morgan fingerprint density at radius 1 is 1.22 bits per heavy atom. The van der Waals surface area contributed by atoms with E-state index in [0.717, 1.165) is 16.8 Å². The summed E-state index contributed by atoms with van der Waals surface area (Å²) in [6.07, 6.45) is 3.45. The van der Waals surface area contributed by atoms with Gasteiger partial charge in [-0.1, -0.05) is 6.07 Å². The van der Waals surface area contributed by atoms with Crippen molar-refractivity contribution in [2.45, 2.75) is 26.0 Å². The maximum Gasteiger partial charge on any atom is 0.101 e. The van der Waals surface area contributed by atoms with Gasteiger partial charge in [0.15, 0.2) is 0 Å². The van der Waals surface area contributed by atoms with Gasteiger partial charge in [0.05, 0.1) is 11.4 Å². The van der Waals surface area contributed by atoms with Crippen LogP contribution in [0.5, 0.6) is 0 Å². The third-order valence-corrected chi connectivity index (χ3v) is 2.77. The monoisotopic (exact) mass is 243 g/mol. The first-order valence-electron chi connectivity index (χ1n) is 5.85. The van der Waals surface area contributed by atoms with Crippen molar-refractivity contribution in [2.24, 2.45) is 5.73 Å². The molecule has 2 aromatic rings. The van der Waals surface area contributed by atoms with E-state index in [1.165, 1.54) is 0 Å². The lowest BCUT2D eigenvalue weighted by molar-refractivity contribution is 0.0739. The van der Waals surface area contributed by atoms with Crippen LogP contribution in [0.25, 0.3) is 11.3 Å². The van der Waals surface area contributed by atoms with E-state index in [9.17, 15) is 5.11 Å². The molecule has 0 saturated carbocycles. The van der Waals surface area contributed by atoms with Crippen LogP contribution < -0.4 is 5.73 Å². The van der Waals surface area contributed by atoms with Gasteiger partial charge in [-0.05, 0) is 37.6 Å². The van der Waals surface area contributed by atoms with E-state index in [1.54, 1.807) is 26.2 Å². The molecule has 0 aliphatic heterocycles. The van der Waals surface area contributed by atoms with E-state index in [1.807, 2.05) is 24.3 Å². The molecule has 3 N–H and O–H groups in total. The number of nitrogens with zero attached hydrogens (tertiary/aromatic N) is 2. The van der Waals surface area contributed by atoms with E-state index in [4.69, 9.17) is 5.73 Å². The third-order valence-electron chi connectivity index (χ3n) is 2.77. The second kappa shape index (κ2) is 4.84. The van der Waals surface area contributed by atoms with E-state index in [-0.39, 0.29) is 0 Å². The van der Waals surface area contributed by atoms with Crippen LogP contribution in [0.3, 0.4) is 0 Å². The molecule has 4 nitrogen and oxygen atoms in total. The van der Waals surface area contributed by atoms with Crippen LogP contribution in [-0.4, -0.2) is 15.1 Å². The van der Waals surface area contributed by atoms with E-state index >= 15 is 0 Å². The quantitative estimate of drug-likeness (QED) is 0.862. The minimum Gasteiger partial charge on any atom is -0.384 e. The number of pyridine rings is 2. The lowest BCUT2D eigenvalue weighted by atomic mass is 10.0. The van der Waals surface area contributed by atoms with E-state index in [2.05, 4.69) is 9.97 Å². The Labute approximate surface area is 107 Å². The Kier molecular flexibility index (Phi) is 3.41. The molecule has 2 aromatic heterocycles. The molecule has 0 amide bonds. The van der Waals surface area contributed by atoms with Crippen LogP contribution in [0.15, 0.2) is 36.7 Å². The van der Waals surface area contributed by atoms with Crippen LogP contribution in [-0.2, 0) is 12.1 Å². The van der Waals surface area contributed by atoms with Gasteiger partial charge >= 0.3 is 0 Å². The van der Waals surface area contributed by atoms with Crippen molar-refractivity contribution in [3.05, 3.63) is 47.9 Å². The van der Waals surface area contributed by atoms with Gasteiger partial charge in [0.1, 0.15) is 5.60 Å². The molecule has 0 radical (unpaired) electrons. The van der Waals surface area contributed by atoms with Crippen LogP contribution in [0.4, 0.5) is 0 Å². The summed E-state index contributed by atoms with van der Waals surface area (Å²) in [6, 6.07) is 7.53. The summed E-state index contributed by atoms with van der Waals surface area (Å²) in [4.78, 5) is 8.60. The largest absolute Gasteiger partial charge is 0.384 e. The lowest BCUT2D eigenvalue weighted by Crippen LogP contribution is -2.17. The number of aromatic nitrogens is 2. The molecule has 0 aliphatic rings. The fraction of sp³-hybridized carbons (Fsp3) is 0.286. The number of hydrogen-bond acceptors (Lipinski definition) is 4. The van der Waals surface area contributed by atoms with Crippen LogP contribution >= 0.6 is 0 Å². The van der Waals surface area contributed by atoms with Crippen molar-refractivity contribution in [1.29, 1.82) is 0 Å². The predicted octanol–water partition coefficient (Wildman–Crippen LogP) is 1.83. The fourth-order valence-corrected chi connectivity index (χ4v) is 1.76. The maximum absolute atomic E-state index is 9.85. The number of nitrogens with two attached hydrogens (primary N) is 1. The summed E-state index contributed by atoms with van der Waals surface area (Å²) in [6.45, 7) is 3.86. The molecule has 0 unspecified atom stereocenters. The van der Waals surface area contributed by atoms with Crippen molar-refractivity contribution < 1.29 is 5.11 Å². The van der Waals surface area contributed by atoms with Crippen LogP contribution in [0.1, 0.15) is 25.1 Å². The second-order valence-corrected chi connectivity index (χ2v) is 4.71. The Hall–Kier alpha value is -1.78. The zero-order chi connectivity index (χ0) is 13.2. The molecular formula is C14H17N3O. The van der Waals surface area contributed by atoms with Crippen molar-refractivity contribution in [1.82, 2.24) is 9.97 Å². The smallest absolute Gasteiger partial charge is 0.101 e. The molecule has 94 valence electrons. The highest BCUT2D eigenvalue weighted by atomic mass is 16.3. The highest BCUT2D eigenvalue weighted by Gasteiger charge is 2.17. The molecule has 18 heavy (non-hydrogen) atoms. The van der Waals surface area contributed by atoms with Gasteiger partial charge in [0.2, 0.25) is 0 Å².